The zero-order valence-corrected chi connectivity index (χ0v) is 74.1. The second-order valence-electron chi connectivity index (χ2n) is 30.3. The molecule has 21 aromatic rings. The first kappa shape index (κ1) is 93.1. The highest BCUT2D eigenvalue weighted by Gasteiger charge is 2.28. The first-order chi connectivity index (χ1) is 67.5. The van der Waals surface area contributed by atoms with Crippen molar-refractivity contribution in [3.8, 4) is 130 Å². The molecule has 21 rings (SSSR count). The molecular weight excluding hydrogens is 1710 g/mol. The van der Waals surface area contributed by atoms with E-state index in [9.17, 15) is 15.2 Å². The summed E-state index contributed by atoms with van der Waals surface area (Å²) in [5.74, 6) is 5.95. The van der Waals surface area contributed by atoms with E-state index in [1.165, 1.54) is 25.3 Å². The van der Waals surface area contributed by atoms with Crippen LogP contribution in [0.1, 0.15) is 46.9 Å². The first-order valence-corrected chi connectivity index (χ1v) is 43.8. The molecule has 9 heterocycles. The Hall–Kier alpha value is -18.6. The predicted octanol–water partition coefficient (Wildman–Crippen LogP) is 24.0. The number of nitrogens with one attached hydrogen (secondary N) is 2. The number of aliphatic hydroxyl groups is 2. The lowest BCUT2D eigenvalue weighted by Gasteiger charge is -2.09. The lowest BCUT2D eigenvalue weighted by Crippen LogP contribution is -2.11. The molecule has 0 saturated heterocycles. The van der Waals surface area contributed by atoms with Crippen LogP contribution in [0.4, 0.5) is 29.2 Å². The van der Waals surface area contributed by atoms with Crippen LogP contribution in [0.5, 0.6) is 0 Å². The van der Waals surface area contributed by atoms with Gasteiger partial charge in [0, 0.05) is 80.9 Å². The van der Waals surface area contributed by atoms with Crippen LogP contribution in [-0.4, -0.2) is 82.1 Å². The molecule has 1 atom stereocenters. The standard InChI is InChI=1S/C21H20N4O.C21H19N3O2.2C18H13N3O.C17H12N2O.C14H12O2.C3H2N2/c22-12-7-13-23-20-18-17(15-8-3-1-4-9-15)19(16-10-5-2-6-11-16)26-21(18)25-14-24-20;25-13-7-12-22-20-18-17(15-8-3-1-4-9-15)19(16-10-5-2-6-11-16)26-21(18)24-14-23-20;2*19-17-15-14(12-7-3-1-4-8-12)16(13-9-5-2-6-10-13)22-18(15)21-11-20-17;18-11-14-15(12-7-3-1-4-8-12)16(20-17(14)19)13-9-5-2-6-10-13;15-13(11-7-3-1-4-8-11)14(16)12-9-5-2-6-10-12;4-2-1-3-5/h1-6,8-11,14H,7,12-13,22H2,(H,23,24,25);1-6,8-11,14,25H,7,12-13H2,(H,22,23,24);2*1-11H,(H2,19,20,21);1-10H,19H2;1-10,13,15H;1H2. The fraction of sp³-hybridized carbons (Fsp3) is 0.0714. The van der Waals surface area contributed by atoms with Gasteiger partial charge in [-0.2, -0.15) is 15.8 Å². The van der Waals surface area contributed by atoms with Crippen LogP contribution >= 0.6 is 0 Å². The fourth-order valence-electron chi connectivity index (χ4n) is 15.1. The van der Waals surface area contributed by atoms with Gasteiger partial charge in [0.05, 0.1) is 33.7 Å². The molecule has 0 bridgehead atoms. The van der Waals surface area contributed by atoms with Gasteiger partial charge in [0.2, 0.25) is 28.7 Å². The van der Waals surface area contributed by atoms with Gasteiger partial charge in [-0.15, -0.1) is 0 Å². The van der Waals surface area contributed by atoms with E-state index in [4.69, 9.17) is 60.7 Å². The van der Waals surface area contributed by atoms with Gasteiger partial charge < -0.3 is 65.9 Å². The van der Waals surface area contributed by atoms with E-state index in [0.29, 0.717) is 82.3 Å². The number of aromatic nitrogens is 8. The third kappa shape index (κ3) is 22.5. The van der Waals surface area contributed by atoms with Crippen LogP contribution in [0, 0.1) is 34.0 Å². The van der Waals surface area contributed by atoms with E-state index >= 15 is 0 Å². The molecule has 0 fully saturated rings. The second-order valence-corrected chi connectivity index (χ2v) is 30.3. The SMILES string of the molecule is N#CCC#N.N#Cc1c(N)oc(-c2ccccc2)c1-c1ccccc1.NCCCNc1ncnc2oc(-c3ccccc3)c(-c3ccccc3)c12.Nc1ncnc2oc(-c3ccccc3)c(-c3ccccc3)c12.Nc1ncnc2oc(-c3ccccc3)c(-c3ccccc3)c12.O=C(c1ccccc1)C(O)c1ccccc1.OCCCNc1ncnc2oc(-c3ccccc3)c(-c3ccccc3)c12. The summed E-state index contributed by atoms with van der Waals surface area (Å²) in [5.41, 5.74) is 41.8. The maximum Gasteiger partial charge on any atom is 0.232 e. The van der Waals surface area contributed by atoms with Gasteiger partial charge in [-0.1, -0.05) is 364 Å². The lowest BCUT2D eigenvalue weighted by molar-refractivity contribution is 0.0747. The van der Waals surface area contributed by atoms with Crippen LogP contribution in [0.25, 0.3) is 157 Å². The maximum atomic E-state index is 11.9. The van der Waals surface area contributed by atoms with Crippen molar-refractivity contribution in [2.45, 2.75) is 25.4 Å². The van der Waals surface area contributed by atoms with E-state index < -0.39 is 6.10 Å². The molecule has 9 aromatic heterocycles. The lowest BCUT2D eigenvalue weighted by atomic mass is 9.98. The van der Waals surface area contributed by atoms with E-state index in [-0.39, 0.29) is 24.7 Å². The van der Waals surface area contributed by atoms with Crippen molar-refractivity contribution in [1.82, 2.24) is 39.9 Å². The molecule has 137 heavy (non-hydrogen) atoms. The first-order valence-electron chi connectivity index (χ1n) is 43.8. The molecular formula is C112H91N17O8. The van der Waals surface area contributed by atoms with Crippen LogP contribution in [0.3, 0.4) is 0 Å². The highest BCUT2D eigenvalue weighted by Crippen LogP contribution is 2.48. The molecule has 0 spiro atoms. The summed E-state index contributed by atoms with van der Waals surface area (Å²) in [6, 6.07) is 123. The topological polar surface area (TPSA) is 426 Å². The van der Waals surface area contributed by atoms with Crippen LogP contribution in [0.2, 0.25) is 0 Å². The molecule has 12 N–H and O–H groups in total. The third-order valence-corrected chi connectivity index (χ3v) is 21.4. The Bertz CT molecular complexity index is 7270. The predicted molar refractivity (Wildman–Crippen MR) is 539 cm³/mol. The summed E-state index contributed by atoms with van der Waals surface area (Å²) >= 11 is 0. The van der Waals surface area contributed by atoms with Gasteiger partial charge in [0.25, 0.3) is 0 Å². The zero-order chi connectivity index (χ0) is 94.9. The second kappa shape index (κ2) is 46.8. The Balaban J connectivity index is 0.000000124. The highest BCUT2D eigenvalue weighted by atomic mass is 16.4. The third-order valence-electron chi connectivity index (χ3n) is 21.4. The number of carbonyl (C=O) groups is 1. The average Bonchev–Trinajstić information content (AvgIpc) is 1.51. The summed E-state index contributed by atoms with van der Waals surface area (Å²) in [5, 5.41) is 53.4. The summed E-state index contributed by atoms with van der Waals surface area (Å²) in [6.07, 6.45) is 6.31. The normalized spacial score (nSPS) is 10.7. The number of aliphatic hydroxyl groups excluding tert-OH is 2. The number of benzene rings is 12. The summed E-state index contributed by atoms with van der Waals surface area (Å²) in [7, 11) is 0. The molecule has 0 saturated carbocycles. The molecule has 1 unspecified atom stereocenters. The Morgan fingerprint density at radius 1 is 0.328 bits per heavy atom. The Kier molecular flexibility index (Phi) is 31.8. The zero-order valence-electron chi connectivity index (χ0n) is 74.1. The Labute approximate surface area is 789 Å². The molecule has 672 valence electrons. The van der Waals surface area contributed by atoms with Crippen molar-refractivity contribution < 1.29 is 37.1 Å². The number of anilines is 5. The number of rotatable bonds is 21. The van der Waals surface area contributed by atoms with Crippen molar-refractivity contribution in [3.05, 3.63) is 406 Å². The number of hydrogen-bond donors (Lipinski definition) is 8. The number of nitrogens with two attached hydrogens (primary N) is 4. The minimum absolute atomic E-state index is 0. The number of furan rings is 5. The number of nitriles is 3. The largest absolute Gasteiger partial charge is 0.439 e. The van der Waals surface area contributed by atoms with Gasteiger partial charge >= 0.3 is 0 Å². The van der Waals surface area contributed by atoms with Gasteiger partial charge in [-0.3, -0.25) is 4.79 Å². The minimum Gasteiger partial charge on any atom is -0.439 e. The van der Waals surface area contributed by atoms with Crippen molar-refractivity contribution in [1.29, 1.82) is 15.8 Å². The van der Waals surface area contributed by atoms with Crippen molar-refractivity contribution in [3.63, 3.8) is 0 Å². The van der Waals surface area contributed by atoms with Crippen molar-refractivity contribution in [2.24, 2.45) is 5.73 Å². The number of nitrogen functional groups attached to an aromatic ring is 3. The van der Waals surface area contributed by atoms with Gasteiger partial charge in [-0.25, -0.2) is 39.9 Å². The summed E-state index contributed by atoms with van der Waals surface area (Å²) in [6.45, 7) is 2.15. The molecule has 0 radical (unpaired) electrons. The van der Waals surface area contributed by atoms with Gasteiger partial charge in [-0.05, 0) is 52.8 Å². The summed E-state index contributed by atoms with van der Waals surface area (Å²) in [4.78, 5) is 46.1. The number of carbonyl (C=O) groups excluding carboxylic acids is 1. The van der Waals surface area contributed by atoms with Crippen molar-refractivity contribution >= 4 is 79.3 Å². The smallest absolute Gasteiger partial charge is 0.232 e. The summed E-state index contributed by atoms with van der Waals surface area (Å²) < 4.78 is 29.9. The highest BCUT2D eigenvalue weighted by molar-refractivity contribution is 6.09. The van der Waals surface area contributed by atoms with E-state index in [0.717, 1.165) is 147 Å². The molecule has 0 aliphatic rings. The molecule has 0 amide bonds. The van der Waals surface area contributed by atoms with Gasteiger partial charge in [0.1, 0.15) is 102 Å². The number of Topliss-reactive ketones (excluding diaryl/α,β-unsaturated/α-hetero) is 1. The maximum absolute atomic E-state index is 11.9. The molecule has 25 nitrogen and oxygen atoms in total. The Morgan fingerprint density at radius 3 is 0.883 bits per heavy atom. The van der Waals surface area contributed by atoms with E-state index in [1.807, 2.05) is 291 Å². The van der Waals surface area contributed by atoms with Crippen LogP contribution in [0.15, 0.2) is 411 Å². The molecule has 0 aliphatic carbocycles. The average molecular weight is 1800 g/mol. The molecule has 25 heteroatoms. The molecule has 0 aliphatic heterocycles. The van der Waals surface area contributed by atoms with E-state index in [1.54, 1.807) is 60.7 Å². The molecule has 12 aromatic carbocycles. The number of fused-ring (bicyclic) bond motifs is 4. The van der Waals surface area contributed by atoms with Crippen molar-refractivity contribution in [2.75, 3.05) is 54.1 Å². The minimum atomic E-state index is -1.08. The number of ketones is 1. The van der Waals surface area contributed by atoms with Gasteiger partial charge in [0.15, 0.2) is 5.78 Å². The number of nitrogens with zero attached hydrogens (tertiary/aromatic N) is 11. The quantitative estimate of drug-likeness (QED) is 0.0245. The van der Waals surface area contributed by atoms with Crippen LogP contribution < -0.4 is 33.6 Å². The number of hydrogen-bond acceptors (Lipinski definition) is 25. The van der Waals surface area contributed by atoms with E-state index in [2.05, 4.69) is 80.8 Å². The monoisotopic (exact) mass is 1800 g/mol. The fourth-order valence-corrected chi connectivity index (χ4v) is 15.1. The van der Waals surface area contributed by atoms with Crippen LogP contribution in [-0.2, 0) is 0 Å². The Morgan fingerprint density at radius 2 is 0.591 bits per heavy atom.